The monoisotopic (exact) mass is 308 g/mol. The first-order chi connectivity index (χ1) is 10.0. The molecule has 118 valence electrons. The van der Waals surface area contributed by atoms with Gasteiger partial charge in [-0.3, -0.25) is 10.4 Å². The standard InChI is InChI=1S/C12H16F4N4O/c1-2-21-5-3-4-18-12(20-17)19-11-9(15)7(13)6-8(14)10(11)16/h6H,2-5,17H2,1H3,(H2,18,19,20). The maximum absolute atomic E-state index is 13.4. The molecule has 0 saturated carbocycles. The van der Waals surface area contributed by atoms with Crippen LogP contribution in [0, 0.1) is 23.3 Å². The second kappa shape index (κ2) is 8.42. The summed E-state index contributed by atoms with van der Waals surface area (Å²) in [4.78, 5) is 3.86. The number of hydrazine groups is 1. The molecule has 5 nitrogen and oxygen atoms in total. The zero-order chi connectivity index (χ0) is 15.8. The van der Waals surface area contributed by atoms with E-state index in [0.29, 0.717) is 19.6 Å². The molecule has 1 rings (SSSR count). The van der Waals surface area contributed by atoms with Gasteiger partial charge in [-0.1, -0.05) is 0 Å². The fourth-order valence-electron chi connectivity index (χ4n) is 1.42. The van der Waals surface area contributed by atoms with Crippen LogP contribution in [0.15, 0.2) is 11.1 Å². The molecule has 0 spiro atoms. The van der Waals surface area contributed by atoms with Crippen LogP contribution in [0.1, 0.15) is 13.3 Å². The van der Waals surface area contributed by atoms with Crippen molar-refractivity contribution in [3.63, 3.8) is 0 Å². The Hall–Kier alpha value is -1.87. The maximum Gasteiger partial charge on any atom is 0.210 e. The fourth-order valence-corrected chi connectivity index (χ4v) is 1.42. The van der Waals surface area contributed by atoms with Crippen LogP contribution in [0.5, 0.6) is 0 Å². The van der Waals surface area contributed by atoms with Gasteiger partial charge in [0.05, 0.1) is 0 Å². The topological polar surface area (TPSA) is 71.7 Å². The third-order valence-electron chi connectivity index (χ3n) is 2.41. The lowest BCUT2D eigenvalue weighted by Crippen LogP contribution is -2.37. The number of nitrogens with one attached hydrogen (secondary N) is 2. The summed E-state index contributed by atoms with van der Waals surface area (Å²) in [5.74, 6) is -1.27. The third-order valence-corrected chi connectivity index (χ3v) is 2.41. The third kappa shape index (κ3) is 4.87. The molecule has 0 aromatic heterocycles. The normalized spacial score (nSPS) is 11.6. The molecule has 0 radical (unpaired) electrons. The molecule has 9 heteroatoms. The van der Waals surface area contributed by atoms with E-state index in [4.69, 9.17) is 10.6 Å². The number of nitrogens with zero attached hydrogens (tertiary/aromatic N) is 1. The van der Waals surface area contributed by atoms with Crippen molar-refractivity contribution >= 4 is 11.6 Å². The van der Waals surface area contributed by atoms with Crippen LogP contribution in [0.25, 0.3) is 0 Å². The number of hydrogen-bond acceptors (Lipinski definition) is 3. The van der Waals surface area contributed by atoms with Gasteiger partial charge in [-0.2, -0.15) is 0 Å². The van der Waals surface area contributed by atoms with Crippen LogP contribution in [-0.2, 0) is 4.74 Å². The molecule has 21 heavy (non-hydrogen) atoms. The number of benzene rings is 1. The van der Waals surface area contributed by atoms with E-state index in [1.807, 2.05) is 6.92 Å². The average Bonchev–Trinajstić information content (AvgIpc) is 2.47. The Labute approximate surface area is 119 Å². The van der Waals surface area contributed by atoms with Gasteiger partial charge in [-0.05, 0) is 13.3 Å². The number of halogens is 4. The van der Waals surface area contributed by atoms with Crippen LogP contribution >= 0.6 is 0 Å². The van der Waals surface area contributed by atoms with Crippen molar-refractivity contribution < 1.29 is 22.3 Å². The van der Waals surface area contributed by atoms with E-state index < -0.39 is 29.0 Å². The SMILES string of the molecule is CCOCCCN=C(NN)Nc1c(F)c(F)cc(F)c1F. The summed E-state index contributed by atoms with van der Waals surface area (Å²) >= 11 is 0. The Bertz CT molecular complexity index is 484. The lowest BCUT2D eigenvalue weighted by atomic mass is 10.2. The highest BCUT2D eigenvalue weighted by Crippen LogP contribution is 2.23. The molecular weight excluding hydrogens is 292 g/mol. The fraction of sp³-hybridized carbons (Fsp3) is 0.417. The molecule has 0 fully saturated rings. The van der Waals surface area contributed by atoms with Gasteiger partial charge in [0, 0.05) is 25.8 Å². The van der Waals surface area contributed by atoms with Crippen LogP contribution in [0.4, 0.5) is 23.2 Å². The summed E-state index contributed by atoms with van der Waals surface area (Å²) in [5.41, 5.74) is 1.05. The Balaban J connectivity index is 2.80. The number of nitrogens with two attached hydrogens (primary N) is 1. The Morgan fingerprint density at radius 1 is 1.24 bits per heavy atom. The average molecular weight is 308 g/mol. The minimum absolute atomic E-state index is 0.116. The number of aliphatic imine (C=N–C) groups is 1. The van der Waals surface area contributed by atoms with E-state index in [1.165, 1.54) is 0 Å². The highest BCUT2D eigenvalue weighted by molar-refractivity contribution is 5.93. The molecule has 0 heterocycles. The highest BCUT2D eigenvalue weighted by Gasteiger charge is 2.19. The molecule has 0 aliphatic carbocycles. The van der Waals surface area contributed by atoms with Gasteiger partial charge < -0.3 is 10.1 Å². The summed E-state index contributed by atoms with van der Waals surface area (Å²) in [6, 6.07) is 0.116. The first kappa shape index (κ1) is 17.2. The van der Waals surface area contributed by atoms with Crippen molar-refractivity contribution in [2.24, 2.45) is 10.8 Å². The molecule has 0 aliphatic heterocycles. The first-order valence-electron chi connectivity index (χ1n) is 6.20. The Morgan fingerprint density at radius 2 is 1.86 bits per heavy atom. The van der Waals surface area contributed by atoms with Gasteiger partial charge in [-0.25, -0.2) is 23.4 Å². The highest BCUT2D eigenvalue weighted by atomic mass is 19.2. The van der Waals surface area contributed by atoms with Crippen molar-refractivity contribution in [1.29, 1.82) is 0 Å². The number of rotatable bonds is 6. The van der Waals surface area contributed by atoms with Crippen molar-refractivity contribution in [2.75, 3.05) is 25.1 Å². The van der Waals surface area contributed by atoms with E-state index in [-0.39, 0.29) is 18.6 Å². The van der Waals surface area contributed by atoms with Gasteiger partial charge in [0.25, 0.3) is 0 Å². The van der Waals surface area contributed by atoms with Crippen molar-refractivity contribution in [3.8, 4) is 0 Å². The van der Waals surface area contributed by atoms with Crippen LogP contribution in [0.2, 0.25) is 0 Å². The molecule has 4 N–H and O–H groups in total. The molecule has 0 bridgehead atoms. The summed E-state index contributed by atoms with van der Waals surface area (Å²) in [6.07, 6.45) is 0.545. The molecular formula is C12H16F4N4O. The van der Waals surface area contributed by atoms with Crippen LogP contribution < -0.4 is 16.6 Å². The smallest absolute Gasteiger partial charge is 0.210 e. The molecule has 1 aromatic rings. The minimum Gasteiger partial charge on any atom is -0.382 e. The van der Waals surface area contributed by atoms with Crippen molar-refractivity contribution in [2.45, 2.75) is 13.3 Å². The number of hydrogen-bond donors (Lipinski definition) is 3. The van der Waals surface area contributed by atoms with E-state index in [1.54, 1.807) is 0 Å². The number of anilines is 1. The van der Waals surface area contributed by atoms with E-state index in [0.717, 1.165) is 0 Å². The molecule has 0 atom stereocenters. The van der Waals surface area contributed by atoms with Gasteiger partial charge in [-0.15, -0.1) is 0 Å². The second-order valence-corrected chi connectivity index (χ2v) is 3.89. The number of guanidine groups is 1. The summed E-state index contributed by atoms with van der Waals surface area (Å²) < 4.78 is 58.0. The zero-order valence-electron chi connectivity index (χ0n) is 11.4. The summed E-state index contributed by atoms with van der Waals surface area (Å²) in [5, 5.41) is 2.08. The predicted octanol–water partition coefficient (Wildman–Crippen LogP) is 1.90. The van der Waals surface area contributed by atoms with Crippen LogP contribution in [0.3, 0.4) is 0 Å². The lowest BCUT2D eigenvalue weighted by Gasteiger charge is -2.11. The van der Waals surface area contributed by atoms with Crippen molar-refractivity contribution in [1.82, 2.24) is 5.43 Å². The molecule has 0 amide bonds. The van der Waals surface area contributed by atoms with Crippen LogP contribution in [-0.4, -0.2) is 25.7 Å². The van der Waals surface area contributed by atoms with Crippen molar-refractivity contribution in [3.05, 3.63) is 29.3 Å². The zero-order valence-corrected chi connectivity index (χ0v) is 11.4. The largest absolute Gasteiger partial charge is 0.382 e. The summed E-state index contributed by atoms with van der Waals surface area (Å²) in [7, 11) is 0. The van der Waals surface area contributed by atoms with Gasteiger partial charge in [0.2, 0.25) is 5.96 Å². The second-order valence-electron chi connectivity index (χ2n) is 3.89. The Morgan fingerprint density at radius 3 is 2.38 bits per heavy atom. The molecule has 0 unspecified atom stereocenters. The quantitative estimate of drug-likeness (QED) is 0.143. The lowest BCUT2D eigenvalue weighted by molar-refractivity contribution is 0.146. The maximum atomic E-state index is 13.4. The minimum atomic E-state index is -1.56. The first-order valence-corrected chi connectivity index (χ1v) is 6.20. The Kier molecular flexibility index (Phi) is 6.89. The molecule has 1 aromatic carbocycles. The molecule has 0 saturated heterocycles. The van der Waals surface area contributed by atoms with E-state index >= 15 is 0 Å². The molecule has 0 aliphatic rings. The van der Waals surface area contributed by atoms with Gasteiger partial charge >= 0.3 is 0 Å². The van der Waals surface area contributed by atoms with Gasteiger partial charge in [0.1, 0.15) is 5.69 Å². The van der Waals surface area contributed by atoms with E-state index in [2.05, 4.69) is 15.7 Å². The van der Waals surface area contributed by atoms with Gasteiger partial charge in [0.15, 0.2) is 23.3 Å². The van der Waals surface area contributed by atoms with E-state index in [9.17, 15) is 17.6 Å². The number of ether oxygens (including phenoxy) is 1. The predicted molar refractivity (Wildman–Crippen MR) is 70.6 cm³/mol. The summed E-state index contributed by atoms with van der Waals surface area (Å²) in [6.45, 7) is 3.09.